The number of nitrogens with zero attached hydrogens (tertiary/aromatic N) is 1. The molecule has 0 bridgehead atoms. The molecule has 13 heavy (non-hydrogen) atoms. The predicted octanol–water partition coefficient (Wildman–Crippen LogP) is 1.50. The summed E-state index contributed by atoms with van der Waals surface area (Å²) in [7, 11) is 0. The molecule has 0 amide bonds. The van der Waals surface area contributed by atoms with Gasteiger partial charge in [-0.2, -0.15) is 0 Å². The zero-order valence-corrected chi connectivity index (χ0v) is 7.08. The highest BCUT2D eigenvalue weighted by molar-refractivity contribution is 5.44. The fourth-order valence-corrected chi connectivity index (χ4v) is 1.12. The van der Waals surface area contributed by atoms with Gasteiger partial charge in [0, 0.05) is 12.1 Å². The van der Waals surface area contributed by atoms with Crippen molar-refractivity contribution in [3.63, 3.8) is 0 Å². The molecule has 70 valence electrons. The van der Waals surface area contributed by atoms with Gasteiger partial charge < -0.3 is 5.73 Å². The molecular weight excluding hydrogens is 175 g/mol. The lowest BCUT2D eigenvalue weighted by Crippen LogP contribution is -2.03. The van der Waals surface area contributed by atoms with Crippen LogP contribution < -0.4 is 5.73 Å². The van der Waals surface area contributed by atoms with Crippen LogP contribution in [0.4, 0.5) is 10.1 Å². The van der Waals surface area contributed by atoms with Crippen molar-refractivity contribution in [1.82, 2.24) is 0 Å². The molecule has 0 aliphatic carbocycles. The van der Waals surface area contributed by atoms with Gasteiger partial charge in [0.05, 0.1) is 11.0 Å². The van der Waals surface area contributed by atoms with E-state index in [1.165, 1.54) is 6.07 Å². The Morgan fingerprint density at radius 1 is 1.62 bits per heavy atom. The van der Waals surface area contributed by atoms with Crippen molar-refractivity contribution in [3.8, 4) is 0 Å². The average molecular weight is 184 g/mol. The van der Waals surface area contributed by atoms with E-state index in [0.29, 0.717) is 11.1 Å². The van der Waals surface area contributed by atoms with Gasteiger partial charge in [-0.1, -0.05) is 0 Å². The van der Waals surface area contributed by atoms with Crippen LogP contribution in [0.25, 0.3) is 0 Å². The van der Waals surface area contributed by atoms with Gasteiger partial charge in [0.25, 0.3) is 5.69 Å². The molecule has 0 fully saturated rings. The van der Waals surface area contributed by atoms with Crippen molar-refractivity contribution in [2.24, 2.45) is 5.73 Å². The predicted molar refractivity (Wildman–Crippen MR) is 45.7 cm³/mol. The van der Waals surface area contributed by atoms with Crippen LogP contribution in [0.3, 0.4) is 0 Å². The van der Waals surface area contributed by atoms with Crippen molar-refractivity contribution in [3.05, 3.63) is 39.2 Å². The van der Waals surface area contributed by atoms with Gasteiger partial charge >= 0.3 is 0 Å². The van der Waals surface area contributed by atoms with Gasteiger partial charge in [0.1, 0.15) is 5.82 Å². The first-order valence-electron chi connectivity index (χ1n) is 3.69. The molecule has 0 atom stereocenters. The second-order valence-corrected chi connectivity index (χ2v) is 2.67. The third kappa shape index (κ3) is 1.81. The molecule has 0 aliphatic rings. The molecule has 0 saturated heterocycles. The number of nitro groups is 1. The van der Waals surface area contributed by atoms with Crippen LogP contribution in [-0.4, -0.2) is 4.92 Å². The Balaban J connectivity index is 3.35. The van der Waals surface area contributed by atoms with E-state index in [1.54, 1.807) is 6.92 Å². The molecule has 0 radical (unpaired) electrons. The summed E-state index contributed by atoms with van der Waals surface area (Å²) in [4.78, 5) is 9.83. The van der Waals surface area contributed by atoms with Crippen LogP contribution >= 0.6 is 0 Å². The summed E-state index contributed by atoms with van der Waals surface area (Å²) in [5.41, 5.74) is 5.97. The number of hydrogen-bond acceptors (Lipinski definition) is 3. The number of halogens is 1. The van der Waals surface area contributed by atoms with Gasteiger partial charge in [-0.25, -0.2) is 4.39 Å². The van der Waals surface area contributed by atoms with Gasteiger partial charge in [0.15, 0.2) is 0 Å². The van der Waals surface area contributed by atoms with Gasteiger partial charge in [-0.3, -0.25) is 10.1 Å². The van der Waals surface area contributed by atoms with E-state index in [9.17, 15) is 14.5 Å². The lowest BCUT2D eigenvalue weighted by Gasteiger charge is -2.03. The first kappa shape index (κ1) is 9.60. The Morgan fingerprint density at radius 2 is 2.23 bits per heavy atom. The number of nitro benzene ring substituents is 1. The molecule has 0 heterocycles. The van der Waals surface area contributed by atoms with E-state index in [1.807, 2.05) is 0 Å². The Bertz CT molecular complexity index is 352. The second-order valence-electron chi connectivity index (χ2n) is 2.67. The topological polar surface area (TPSA) is 69.2 Å². The minimum absolute atomic E-state index is 0.102. The monoisotopic (exact) mass is 184 g/mol. The second kappa shape index (κ2) is 3.49. The summed E-state index contributed by atoms with van der Waals surface area (Å²) in [5.74, 6) is -0.627. The van der Waals surface area contributed by atoms with E-state index in [2.05, 4.69) is 0 Å². The number of hydrogen-bond donors (Lipinski definition) is 1. The van der Waals surface area contributed by atoms with Crippen LogP contribution in [-0.2, 0) is 6.54 Å². The molecule has 0 aliphatic heterocycles. The van der Waals surface area contributed by atoms with Crippen molar-refractivity contribution in [2.75, 3.05) is 0 Å². The molecule has 1 rings (SSSR count). The van der Waals surface area contributed by atoms with Crippen LogP contribution in [0, 0.1) is 22.9 Å². The van der Waals surface area contributed by atoms with E-state index in [0.717, 1.165) is 6.07 Å². The van der Waals surface area contributed by atoms with Crippen molar-refractivity contribution < 1.29 is 9.31 Å². The minimum Gasteiger partial charge on any atom is -0.326 e. The van der Waals surface area contributed by atoms with Crippen molar-refractivity contribution >= 4 is 5.69 Å². The molecule has 2 N–H and O–H groups in total. The highest BCUT2D eigenvalue weighted by Crippen LogP contribution is 2.22. The Labute approximate surface area is 74.3 Å². The maximum Gasteiger partial charge on any atom is 0.275 e. The summed E-state index contributed by atoms with van der Waals surface area (Å²) >= 11 is 0. The summed E-state index contributed by atoms with van der Waals surface area (Å²) in [6.45, 7) is 1.66. The summed E-state index contributed by atoms with van der Waals surface area (Å²) in [6, 6.07) is 2.11. The SMILES string of the molecule is Cc1c(CN)cc(F)cc1[N+](=O)[O-]. The maximum atomic E-state index is 12.8. The van der Waals surface area contributed by atoms with Crippen molar-refractivity contribution in [2.45, 2.75) is 13.5 Å². The molecular formula is C8H9FN2O2. The summed E-state index contributed by atoms with van der Waals surface area (Å²) in [6.07, 6.45) is 0. The maximum absolute atomic E-state index is 12.8. The van der Waals surface area contributed by atoms with Gasteiger partial charge in [0.2, 0.25) is 0 Å². The average Bonchev–Trinajstić information content (AvgIpc) is 2.08. The normalized spacial score (nSPS) is 10.1. The Hall–Kier alpha value is -1.49. The Kier molecular flexibility index (Phi) is 2.57. The molecule has 4 nitrogen and oxygen atoms in total. The summed E-state index contributed by atoms with van der Waals surface area (Å²) in [5, 5.41) is 10.4. The lowest BCUT2D eigenvalue weighted by atomic mass is 10.1. The fourth-order valence-electron chi connectivity index (χ4n) is 1.12. The summed E-state index contributed by atoms with van der Waals surface area (Å²) < 4.78 is 12.8. The smallest absolute Gasteiger partial charge is 0.275 e. The van der Waals surface area contributed by atoms with Gasteiger partial charge in [-0.05, 0) is 18.6 Å². The quantitative estimate of drug-likeness (QED) is 0.559. The molecule has 1 aromatic rings. The number of benzene rings is 1. The first-order chi connectivity index (χ1) is 6.06. The minimum atomic E-state index is -0.627. The van der Waals surface area contributed by atoms with Crippen molar-refractivity contribution in [1.29, 1.82) is 0 Å². The van der Waals surface area contributed by atoms with E-state index in [-0.39, 0.29) is 12.2 Å². The van der Waals surface area contributed by atoms with Crippen LogP contribution in [0.1, 0.15) is 11.1 Å². The first-order valence-corrected chi connectivity index (χ1v) is 3.69. The number of nitrogens with two attached hydrogens (primary N) is 1. The lowest BCUT2D eigenvalue weighted by molar-refractivity contribution is -0.385. The highest BCUT2D eigenvalue weighted by Gasteiger charge is 2.14. The zero-order chi connectivity index (χ0) is 10.0. The molecule has 0 unspecified atom stereocenters. The fraction of sp³-hybridized carbons (Fsp3) is 0.250. The van der Waals surface area contributed by atoms with Gasteiger partial charge in [-0.15, -0.1) is 0 Å². The molecule has 5 heteroatoms. The third-order valence-corrected chi connectivity index (χ3v) is 1.87. The van der Waals surface area contributed by atoms with E-state index >= 15 is 0 Å². The largest absolute Gasteiger partial charge is 0.326 e. The Morgan fingerprint density at radius 3 is 2.69 bits per heavy atom. The molecule has 0 spiro atoms. The van der Waals surface area contributed by atoms with Crippen LogP contribution in [0.2, 0.25) is 0 Å². The van der Waals surface area contributed by atoms with E-state index < -0.39 is 10.7 Å². The molecule has 0 aromatic heterocycles. The number of rotatable bonds is 2. The molecule has 1 aromatic carbocycles. The van der Waals surface area contributed by atoms with Crippen LogP contribution in [0.15, 0.2) is 12.1 Å². The standard InChI is InChI=1S/C8H9FN2O2/c1-5-6(4-10)2-7(9)3-8(5)11(12)13/h2-3H,4,10H2,1H3. The highest BCUT2D eigenvalue weighted by atomic mass is 19.1. The van der Waals surface area contributed by atoms with Crippen LogP contribution in [0.5, 0.6) is 0 Å². The molecule has 0 saturated carbocycles. The van der Waals surface area contributed by atoms with E-state index in [4.69, 9.17) is 5.73 Å². The zero-order valence-electron chi connectivity index (χ0n) is 7.08. The third-order valence-electron chi connectivity index (χ3n) is 1.87.